The minimum Gasteiger partial charge on any atom is -0.370 e. The SMILES string of the molecule is CNc1ncc(-c2ccsc2)n2ccnc12. The fraction of sp³-hybridized carbons (Fsp3) is 0.0909. The molecule has 0 aliphatic carbocycles. The average Bonchev–Trinajstić information content (AvgIpc) is 2.98. The van der Waals surface area contributed by atoms with Crippen molar-refractivity contribution in [3.8, 4) is 11.3 Å². The summed E-state index contributed by atoms with van der Waals surface area (Å²) in [6.45, 7) is 0. The number of hydrogen-bond donors (Lipinski definition) is 1. The van der Waals surface area contributed by atoms with Gasteiger partial charge in [-0.15, -0.1) is 0 Å². The Bertz CT molecular complexity index is 612. The molecule has 3 aromatic rings. The molecule has 80 valence electrons. The van der Waals surface area contributed by atoms with Gasteiger partial charge < -0.3 is 5.32 Å². The van der Waals surface area contributed by atoms with Crippen LogP contribution in [-0.4, -0.2) is 21.4 Å². The molecule has 0 aliphatic rings. The number of hydrogen-bond acceptors (Lipinski definition) is 4. The molecule has 4 nitrogen and oxygen atoms in total. The van der Waals surface area contributed by atoms with Crippen LogP contribution < -0.4 is 5.32 Å². The minimum absolute atomic E-state index is 0.795. The molecule has 0 unspecified atom stereocenters. The summed E-state index contributed by atoms with van der Waals surface area (Å²) >= 11 is 1.68. The molecular formula is C11H10N4S. The summed E-state index contributed by atoms with van der Waals surface area (Å²) < 4.78 is 2.04. The highest BCUT2D eigenvalue weighted by Gasteiger charge is 2.08. The fourth-order valence-electron chi connectivity index (χ4n) is 1.72. The van der Waals surface area contributed by atoms with Crippen molar-refractivity contribution < 1.29 is 0 Å². The molecule has 3 rings (SSSR count). The highest BCUT2D eigenvalue weighted by Crippen LogP contribution is 2.24. The maximum atomic E-state index is 4.36. The topological polar surface area (TPSA) is 42.2 Å². The number of nitrogens with zero attached hydrogens (tertiary/aromatic N) is 3. The van der Waals surface area contributed by atoms with Gasteiger partial charge in [0.2, 0.25) is 0 Å². The molecule has 16 heavy (non-hydrogen) atoms. The lowest BCUT2D eigenvalue weighted by molar-refractivity contribution is 1.13. The van der Waals surface area contributed by atoms with Gasteiger partial charge in [-0.2, -0.15) is 11.3 Å². The van der Waals surface area contributed by atoms with Crippen LogP contribution in [0.3, 0.4) is 0 Å². The second-order valence-electron chi connectivity index (χ2n) is 3.37. The first-order valence-corrected chi connectivity index (χ1v) is 5.87. The summed E-state index contributed by atoms with van der Waals surface area (Å²) in [5.74, 6) is 0.795. The maximum absolute atomic E-state index is 4.36. The second-order valence-corrected chi connectivity index (χ2v) is 4.15. The summed E-state index contributed by atoms with van der Waals surface area (Å²) in [5, 5.41) is 7.20. The Morgan fingerprint density at radius 1 is 1.38 bits per heavy atom. The molecule has 0 spiro atoms. The normalized spacial score (nSPS) is 10.8. The molecule has 3 aromatic heterocycles. The zero-order valence-corrected chi connectivity index (χ0v) is 9.53. The number of nitrogens with one attached hydrogen (secondary N) is 1. The quantitative estimate of drug-likeness (QED) is 0.735. The minimum atomic E-state index is 0.795. The van der Waals surface area contributed by atoms with E-state index in [0.29, 0.717) is 0 Å². The Balaban J connectivity index is 2.31. The Morgan fingerprint density at radius 3 is 3.06 bits per heavy atom. The number of rotatable bonds is 2. The molecule has 0 atom stereocenters. The van der Waals surface area contributed by atoms with Crippen molar-refractivity contribution in [2.24, 2.45) is 0 Å². The zero-order chi connectivity index (χ0) is 11.0. The first-order valence-electron chi connectivity index (χ1n) is 4.92. The summed E-state index contributed by atoms with van der Waals surface area (Å²) in [6.07, 6.45) is 5.60. The Morgan fingerprint density at radius 2 is 2.31 bits per heavy atom. The van der Waals surface area contributed by atoms with E-state index in [1.165, 1.54) is 5.56 Å². The Kier molecular flexibility index (Phi) is 2.11. The lowest BCUT2D eigenvalue weighted by Gasteiger charge is -2.06. The third kappa shape index (κ3) is 1.29. The maximum Gasteiger partial charge on any atom is 0.180 e. The fourth-order valence-corrected chi connectivity index (χ4v) is 2.37. The molecule has 1 N–H and O–H groups in total. The number of anilines is 1. The van der Waals surface area contributed by atoms with Gasteiger partial charge in [0.05, 0.1) is 11.9 Å². The van der Waals surface area contributed by atoms with Crippen LogP contribution in [0.2, 0.25) is 0 Å². The standard InChI is InChI=1S/C11H10N4S/c1-12-10-11-13-3-4-15(11)9(6-14-10)8-2-5-16-7-8/h2-7H,1H3,(H,12,14). The highest BCUT2D eigenvalue weighted by molar-refractivity contribution is 7.08. The van der Waals surface area contributed by atoms with Crippen LogP contribution in [-0.2, 0) is 0 Å². The van der Waals surface area contributed by atoms with E-state index in [0.717, 1.165) is 17.2 Å². The van der Waals surface area contributed by atoms with Crippen molar-refractivity contribution in [1.29, 1.82) is 0 Å². The molecule has 0 saturated heterocycles. The number of thiophene rings is 1. The molecule has 0 radical (unpaired) electrons. The molecule has 3 heterocycles. The summed E-state index contributed by atoms with van der Waals surface area (Å²) in [5.41, 5.74) is 3.09. The first kappa shape index (κ1) is 9.35. The lowest BCUT2D eigenvalue weighted by Crippen LogP contribution is -1.99. The van der Waals surface area contributed by atoms with Gasteiger partial charge in [-0.05, 0) is 11.4 Å². The summed E-state index contributed by atoms with van der Waals surface area (Å²) in [4.78, 5) is 8.67. The van der Waals surface area contributed by atoms with E-state index in [4.69, 9.17) is 0 Å². The largest absolute Gasteiger partial charge is 0.370 e. The number of aromatic nitrogens is 3. The average molecular weight is 230 g/mol. The van der Waals surface area contributed by atoms with Gasteiger partial charge in [0.1, 0.15) is 0 Å². The Hall–Kier alpha value is -1.88. The van der Waals surface area contributed by atoms with Crippen LogP contribution in [0.5, 0.6) is 0 Å². The smallest absolute Gasteiger partial charge is 0.180 e. The summed E-state index contributed by atoms with van der Waals surface area (Å²) in [7, 11) is 1.85. The first-order chi connectivity index (χ1) is 7.90. The van der Waals surface area contributed by atoms with Crippen LogP contribution in [0, 0.1) is 0 Å². The van der Waals surface area contributed by atoms with E-state index in [1.807, 2.05) is 23.8 Å². The van der Waals surface area contributed by atoms with Crippen molar-refractivity contribution >= 4 is 22.8 Å². The monoisotopic (exact) mass is 230 g/mol. The van der Waals surface area contributed by atoms with Gasteiger partial charge >= 0.3 is 0 Å². The Labute approximate surface area is 96.6 Å². The third-order valence-corrected chi connectivity index (χ3v) is 3.16. The van der Waals surface area contributed by atoms with Gasteiger partial charge in [0.25, 0.3) is 0 Å². The van der Waals surface area contributed by atoms with E-state index >= 15 is 0 Å². The van der Waals surface area contributed by atoms with Crippen LogP contribution >= 0.6 is 11.3 Å². The van der Waals surface area contributed by atoms with Crippen molar-refractivity contribution in [2.75, 3.05) is 12.4 Å². The molecular weight excluding hydrogens is 220 g/mol. The predicted octanol–water partition coefficient (Wildman–Crippen LogP) is 2.50. The van der Waals surface area contributed by atoms with E-state index in [2.05, 4.69) is 32.1 Å². The van der Waals surface area contributed by atoms with E-state index < -0.39 is 0 Å². The molecule has 0 fully saturated rings. The van der Waals surface area contributed by atoms with Crippen LogP contribution in [0.15, 0.2) is 35.4 Å². The predicted molar refractivity (Wildman–Crippen MR) is 65.8 cm³/mol. The van der Waals surface area contributed by atoms with Crippen molar-refractivity contribution in [2.45, 2.75) is 0 Å². The van der Waals surface area contributed by atoms with Crippen LogP contribution in [0.25, 0.3) is 16.9 Å². The van der Waals surface area contributed by atoms with Gasteiger partial charge in [-0.25, -0.2) is 9.97 Å². The second kappa shape index (κ2) is 3.61. The van der Waals surface area contributed by atoms with Gasteiger partial charge in [-0.1, -0.05) is 0 Å². The van der Waals surface area contributed by atoms with Crippen molar-refractivity contribution in [3.63, 3.8) is 0 Å². The van der Waals surface area contributed by atoms with E-state index in [1.54, 1.807) is 17.5 Å². The van der Waals surface area contributed by atoms with Gasteiger partial charge in [0.15, 0.2) is 11.5 Å². The van der Waals surface area contributed by atoms with Crippen LogP contribution in [0.1, 0.15) is 0 Å². The van der Waals surface area contributed by atoms with E-state index in [-0.39, 0.29) is 0 Å². The highest BCUT2D eigenvalue weighted by atomic mass is 32.1. The van der Waals surface area contributed by atoms with E-state index in [9.17, 15) is 0 Å². The molecule has 0 saturated carbocycles. The van der Waals surface area contributed by atoms with Crippen LogP contribution in [0.4, 0.5) is 5.82 Å². The van der Waals surface area contributed by atoms with Crippen molar-refractivity contribution in [1.82, 2.24) is 14.4 Å². The third-order valence-electron chi connectivity index (χ3n) is 2.48. The van der Waals surface area contributed by atoms with Gasteiger partial charge in [-0.3, -0.25) is 4.40 Å². The van der Waals surface area contributed by atoms with Crippen molar-refractivity contribution in [3.05, 3.63) is 35.4 Å². The van der Waals surface area contributed by atoms with Gasteiger partial charge in [0, 0.05) is 30.4 Å². The number of fused-ring (bicyclic) bond motifs is 1. The summed E-state index contributed by atoms with van der Waals surface area (Å²) in [6, 6.07) is 2.08. The molecule has 0 aromatic carbocycles. The molecule has 5 heteroatoms. The molecule has 0 bridgehead atoms. The zero-order valence-electron chi connectivity index (χ0n) is 8.71. The lowest BCUT2D eigenvalue weighted by atomic mass is 10.2. The molecule has 0 aliphatic heterocycles. The molecule has 0 amide bonds. The number of imidazole rings is 1.